The van der Waals surface area contributed by atoms with Crippen molar-refractivity contribution >= 4 is 23.2 Å². The molecule has 0 aromatic heterocycles. The highest BCUT2D eigenvalue weighted by molar-refractivity contribution is 6.22. The summed E-state index contributed by atoms with van der Waals surface area (Å²) in [7, 11) is 0. The largest absolute Gasteiger partial charge is 0.394 e. The number of halogens is 2. The minimum absolute atomic E-state index is 0.153. The second-order valence-electron chi connectivity index (χ2n) is 6.69. The molecule has 6 nitrogen and oxygen atoms in total. The van der Waals surface area contributed by atoms with Crippen molar-refractivity contribution in [2.75, 3.05) is 13.2 Å². The van der Waals surface area contributed by atoms with Gasteiger partial charge in [-0.2, -0.15) is 0 Å². The SMILES string of the molecule is OC[C@@H]1OC(Cl)(c2ccccc2)O[C@H]2[C@@H]1OC(Cl)(c1ccccc1)OC[C@H]2O. The molecule has 2 fully saturated rings. The molecule has 2 aliphatic heterocycles. The van der Waals surface area contributed by atoms with Crippen molar-refractivity contribution in [3.8, 4) is 0 Å². The maximum Gasteiger partial charge on any atom is 0.277 e. The Kier molecular flexibility index (Phi) is 5.66. The monoisotopic (exact) mass is 426 g/mol. The Morgan fingerprint density at radius 1 is 0.821 bits per heavy atom. The van der Waals surface area contributed by atoms with E-state index in [9.17, 15) is 10.2 Å². The average molecular weight is 427 g/mol. The quantitative estimate of drug-likeness (QED) is 0.734. The molecular formula is C20H20Cl2O6. The third-order valence-electron chi connectivity index (χ3n) is 4.80. The average Bonchev–Trinajstić information content (AvgIpc) is 2.86. The molecule has 2 unspecified atom stereocenters. The van der Waals surface area contributed by atoms with Crippen LogP contribution in [0.25, 0.3) is 0 Å². The number of benzene rings is 2. The Balaban J connectivity index is 1.68. The summed E-state index contributed by atoms with van der Waals surface area (Å²) in [6.45, 7) is -0.570. The predicted octanol–water partition coefficient (Wildman–Crippen LogP) is 2.64. The molecule has 0 bridgehead atoms. The Bertz CT molecular complexity index is 754. The minimum Gasteiger partial charge on any atom is -0.394 e. The van der Waals surface area contributed by atoms with E-state index in [4.69, 9.17) is 42.1 Å². The van der Waals surface area contributed by atoms with Crippen LogP contribution in [0.2, 0.25) is 0 Å². The summed E-state index contributed by atoms with van der Waals surface area (Å²) >= 11 is 13.2. The van der Waals surface area contributed by atoms with E-state index in [1.165, 1.54) is 0 Å². The van der Waals surface area contributed by atoms with Crippen LogP contribution in [0.1, 0.15) is 11.1 Å². The van der Waals surface area contributed by atoms with Gasteiger partial charge in [0, 0.05) is 11.1 Å². The van der Waals surface area contributed by atoms with E-state index in [1.807, 2.05) is 12.1 Å². The van der Waals surface area contributed by atoms with Gasteiger partial charge in [0.25, 0.3) is 10.5 Å². The van der Waals surface area contributed by atoms with Crippen LogP contribution in [0.3, 0.4) is 0 Å². The summed E-state index contributed by atoms with van der Waals surface area (Å²) in [6, 6.07) is 17.8. The van der Waals surface area contributed by atoms with Gasteiger partial charge in [-0.25, -0.2) is 0 Å². The fraction of sp³-hybridized carbons (Fsp3) is 0.400. The van der Waals surface area contributed by atoms with Crippen molar-refractivity contribution in [2.24, 2.45) is 0 Å². The van der Waals surface area contributed by atoms with E-state index < -0.39 is 41.5 Å². The molecule has 0 amide bonds. The number of fused-ring (bicyclic) bond motifs is 1. The molecular weight excluding hydrogens is 407 g/mol. The summed E-state index contributed by atoms with van der Waals surface area (Å²) < 4.78 is 23.5. The second-order valence-corrected chi connectivity index (χ2v) is 7.68. The summed E-state index contributed by atoms with van der Waals surface area (Å²) in [5.74, 6) is 0. The normalized spacial score (nSPS) is 38.4. The number of hydrogen-bond donors (Lipinski definition) is 2. The summed E-state index contributed by atoms with van der Waals surface area (Å²) in [4.78, 5) is 0. The molecule has 2 aliphatic rings. The number of hydrogen-bond acceptors (Lipinski definition) is 6. The van der Waals surface area contributed by atoms with Crippen LogP contribution in [0.15, 0.2) is 60.7 Å². The van der Waals surface area contributed by atoms with Crippen LogP contribution >= 0.6 is 23.2 Å². The molecule has 2 N–H and O–H groups in total. The first-order valence-electron chi connectivity index (χ1n) is 8.90. The molecule has 0 spiro atoms. The highest BCUT2D eigenvalue weighted by Gasteiger charge is 2.55. The molecule has 2 aromatic carbocycles. The first-order chi connectivity index (χ1) is 13.5. The lowest BCUT2D eigenvalue weighted by Crippen LogP contribution is -2.59. The third-order valence-corrected chi connectivity index (χ3v) is 5.62. The van der Waals surface area contributed by atoms with Crippen molar-refractivity contribution in [3.05, 3.63) is 71.8 Å². The van der Waals surface area contributed by atoms with Crippen LogP contribution in [-0.4, -0.2) is 47.8 Å². The summed E-state index contributed by atoms with van der Waals surface area (Å²) in [6.07, 6.45) is -3.87. The van der Waals surface area contributed by atoms with Crippen molar-refractivity contribution < 1.29 is 29.2 Å². The fourth-order valence-corrected chi connectivity index (χ4v) is 4.02. The van der Waals surface area contributed by atoms with Gasteiger partial charge < -0.3 is 29.2 Å². The van der Waals surface area contributed by atoms with E-state index in [2.05, 4.69) is 0 Å². The maximum absolute atomic E-state index is 10.7. The third kappa shape index (κ3) is 3.67. The highest BCUT2D eigenvalue weighted by atomic mass is 35.5. The maximum atomic E-state index is 10.7. The summed E-state index contributed by atoms with van der Waals surface area (Å²) in [5.41, 5.74) is 1.08. The van der Waals surface area contributed by atoms with Gasteiger partial charge in [0.1, 0.15) is 24.4 Å². The van der Waals surface area contributed by atoms with Crippen molar-refractivity contribution in [3.63, 3.8) is 0 Å². The number of rotatable bonds is 3. The van der Waals surface area contributed by atoms with Gasteiger partial charge in [-0.05, 0) is 0 Å². The van der Waals surface area contributed by atoms with Crippen LogP contribution in [0, 0.1) is 0 Å². The molecule has 8 heteroatoms. The van der Waals surface area contributed by atoms with Crippen LogP contribution in [0.4, 0.5) is 0 Å². The lowest BCUT2D eigenvalue weighted by Gasteiger charge is -2.46. The van der Waals surface area contributed by atoms with Gasteiger partial charge >= 0.3 is 0 Å². The molecule has 2 saturated heterocycles. The first-order valence-corrected chi connectivity index (χ1v) is 9.66. The smallest absolute Gasteiger partial charge is 0.277 e. The van der Waals surface area contributed by atoms with Gasteiger partial charge in [0.15, 0.2) is 0 Å². The van der Waals surface area contributed by atoms with Crippen molar-refractivity contribution in [1.82, 2.24) is 0 Å². The lowest BCUT2D eigenvalue weighted by atomic mass is 10.0. The summed E-state index contributed by atoms with van der Waals surface area (Å²) in [5, 5.41) is 17.3. The van der Waals surface area contributed by atoms with E-state index in [1.54, 1.807) is 48.5 Å². The fourth-order valence-electron chi connectivity index (χ4n) is 3.38. The molecule has 4 rings (SSSR count). The zero-order valence-corrected chi connectivity index (χ0v) is 16.3. The second kappa shape index (κ2) is 7.89. The predicted molar refractivity (Wildman–Crippen MR) is 102 cm³/mol. The molecule has 150 valence electrons. The highest BCUT2D eigenvalue weighted by Crippen LogP contribution is 2.46. The van der Waals surface area contributed by atoms with E-state index in [-0.39, 0.29) is 6.61 Å². The van der Waals surface area contributed by atoms with Gasteiger partial charge in [-0.1, -0.05) is 83.9 Å². The van der Waals surface area contributed by atoms with Crippen molar-refractivity contribution in [1.29, 1.82) is 0 Å². The number of ether oxygens (including phenoxy) is 4. The molecule has 0 aliphatic carbocycles. The molecule has 6 atom stereocenters. The first kappa shape index (κ1) is 20.1. The van der Waals surface area contributed by atoms with E-state index in [0.717, 1.165) is 0 Å². The Morgan fingerprint density at radius 3 is 1.93 bits per heavy atom. The minimum atomic E-state index is -1.69. The zero-order chi connectivity index (χ0) is 19.8. The molecule has 2 aromatic rings. The van der Waals surface area contributed by atoms with Gasteiger partial charge in [0.05, 0.1) is 13.2 Å². The Labute approximate surface area is 172 Å². The van der Waals surface area contributed by atoms with Crippen LogP contribution < -0.4 is 0 Å². The Hall–Kier alpha value is -1.22. The van der Waals surface area contributed by atoms with Crippen LogP contribution in [-0.2, 0) is 29.4 Å². The topological polar surface area (TPSA) is 77.4 Å². The molecule has 28 heavy (non-hydrogen) atoms. The van der Waals surface area contributed by atoms with E-state index >= 15 is 0 Å². The Morgan fingerprint density at radius 2 is 1.36 bits per heavy atom. The number of alkyl halides is 2. The van der Waals surface area contributed by atoms with Gasteiger partial charge in [-0.15, -0.1) is 0 Å². The molecule has 2 heterocycles. The lowest BCUT2D eigenvalue weighted by molar-refractivity contribution is -0.348. The van der Waals surface area contributed by atoms with Crippen molar-refractivity contribution in [2.45, 2.75) is 34.9 Å². The zero-order valence-electron chi connectivity index (χ0n) is 14.8. The number of aliphatic hydroxyl groups is 2. The number of aliphatic hydroxyl groups excluding tert-OH is 2. The van der Waals surface area contributed by atoms with E-state index in [0.29, 0.717) is 11.1 Å². The molecule has 0 saturated carbocycles. The van der Waals surface area contributed by atoms with Crippen LogP contribution in [0.5, 0.6) is 0 Å². The van der Waals surface area contributed by atoms with Gasteiger partial charge in [-0.3, -0.25) is 0 Å². The molecule has 0 radical (unpaired) electrons. The standard InChI is InChI=1S/C20H20Cl2O6/c21-19(13-7-3-1-4-8-13)25-12-15(24)17-18(28-19)16(11-23)26-20(22,27-17)14-9-5-2-6-10-14/h1-10,15-18,23-24H,11-12H2/t15-,16+,17-,18-,19?,20?/m1/s1. The van der Waals surface area contributed by atoms with Gasteiger partial charge in [0.2, 0.25) is 0 Å².